The summed E-state index contributed by atoms with van der Waals surface area (Å²) in [5.74, 6) is -0.248. The van der Waals surface area contributed by atoms with Gasteiger partial charge in [0, 0.05) is 104 Å². The number of hydrogen-bond donors (Lipinski definition) is 4. The number of aromatic nitrogens is 2. The van der Waals surface area contributed by atoms with Crippen LogP contribution >= 0.6 is 0 Å². The third-order valence-electron chi connectivity index (χ3n) is 14.5. The molecule has 0 saturated carbocycles. The average molecular weight is 1120 g/mol. The van der Waals surface area contributed by atoms with E-state index in [0.717, 1.165) is 40.5 Å². The summed E-state index contributed by atoms with van der Waals surface area (Å²) in [4.78, 5) is 109. The lowest BCUT2D eigenvalue weighted by atomic mass is 9.91. The molecule has 1 atom stereocenters. The maximum atomic E-state index is 14.5. The van der Waals surface area contributed by atoms with Crippen molar-refractivity contribution < 1.29 is 57.2 Å². The van der Waals surface area contributed by atoms with Gasteiger partial charge in [0.15, 0.2) is 0 Å². The van der Waals surface area contributed by atoms with E-state index < -0.39 is 29.7 Å². The van der Waals surface area contributed by atoms with Crippen molar-refractivity contribution in [3.63, 3.8) is 0 Å². The first-order valence-electron chi connectivity index (χ1n) is 27.1. The van der Waals surface area contributed by atoms with E-state index in [1.165, 1.54) is 0 Å². The average Bonchev–Trinajstić information content (AvgIpc) is 3.06. The maximum absolute atomic E-state index is 14.5. The first-order chi connectivity index (χ1) is 39.9. The second-order valence-electron chi connectivity index (χ2n) is 19.8. The lowest BCUT2D eigenvalue weighted by Crippen LogP contribution is -2.57. The molecule has 0 radical (unpaired) electrons. The predicted octanol–water partition coefficient (Wildman–Crippen LogP) is 5.64. The van der Waals surface area contributed by atoms with E-state index in [0.29, 0.717) is 103 Å². The molecule has 1 unspecified atom stereocenters. The number of nitrogens with one attached hydrogen (secondary N) is 4. The van der Waals surface area contributed by atoms with Crippen LogP contribution in [-0.4, -0.2) is 154 Å². The quantitative estimate of drug-likeness (QED) is 0.0447. The Morgan fingerprint density at radius 2 is 1.44 bits per heavy atom. The molecule has 23 nitrogen and oxygen atoms in total. The van der Waals surface area contributed by atoms with Crippen LogP contribution in [0.15, 0.2) is 103 Å². The Morgan fingerprint density at radius 3 is 2.16 bits per heavy atom. The van der Waals surface area contributed by atoms with E-state index >= 15 is 0 Å². The Kier molecular flexibility index (Phi) is 17.5. The van der Waals surface area contributed by atoms with Gasteiger partial charge >= 0.3 is 6.03 Å². The first-order valence-corrected chi connectivity index (χ1v) is 27.1. The van der Waals surface area contributed by atoms with Crippen LogP contribution in [0.1, 0.15) is 58.0 Å². The van der Waals surface area contributed by atoms with Gasteiger partial charge in [-0.1, -0.05) is 31.2 Å². The summed E-state index contributed by atoms with van der Waals surface area (Å²) in [6, 6.07) is 27.6. The van der Waals surface area contributed by atoms with Crippen molar-refractivity contribution in [3.05, 3.63) is 126 Å². The van der Waals surface area contributed by atoms with Gasteiger partial charge in [-0.2, -0.15) is 4.98 Å². The second-order valence-corrected chi connectivity index (χ2v) is 19.8. The summed E-state index contributed by atoms with van der Waals surface area (Å²) < 4.78 is 28.3. The van der Waals surface area contributed by atoms with Crippen LogP contribution in [0.3, 0.4) is 0 Å². The summed E-state index contributed by atoms with van der Waals surface area (Å²) in [6.07, 6.45) is 2.16. The number of imide groups is 2. The number of fused-ring (bicyclic) bond motifs is 1. The molecular weight excluding hydrogens is 1050 g/mol. The number of nitrogens with zero attached hydrogens (tertiary/aromatic N) is 7. The SMILES string of the molecule is CCC(=O)Nc1ccc(CN2C(=O)N(c3cc(OC)cc(OC)c3)Cc3cnc(Nc4ccc(N5CCN(CC(=O)NCCOCCOCCOc6cc7c8c(cccc8c6)C(=O)N(C6CCC(=O)NC6=O)C7=O)CC5)cc4)nc32)cc1. The lowest BCUT2D eigenvalue weighted by Gasteiger charge is -2.36. The van der Waals surface area contributed by atoms with E-state index in [4.69, 9.17) is 28.7 Å². The fourth-order valence-corrected chi connectivity index (χ4v) is 10.2. The van der Waals surface area contributed by atoms with Crippen LogP contribution in [0.5, 0.6) is 17.2 Å². The van der Waals surface area contributed by atoms with Crippen LogP contribution in [0, 0.1) is 0 Å². The van der Waals surface area contributed by atoms with Gasteiger partial charge in [0.25, 0.3) is 11.8 Å². The minimum atomic E-state index is -1.09. The molecule has 4 aliphatic heterocycles. The predicted molar refractivity (Wildman–Crippen MR) is 304 cm³/mol. The van der Waals surface area contributed by atoms with Gasteiger partial charge in [-0.25, -0.2) is 9.78 Å². The highest BCUT2D eigenvalue weighted by Gasteiger charge is 2.43. The van der Waals surface area contributed by atoms with Crippen molar-refractivity contribution in [1.82, 2.24) is 30.4 Å². The minimum Gasteiger partial charge on any atom is -0.497 e. The van der Waals surface area contributed by atoms with Crippen molar-refractivity contribution in [2.45, 2.75) is 45.3 Å². The zero-order valence-corrected chi connectivity index (χ0v) is 45.7. The highest BCUT2D eigenvalue weighted by Crippen LogP contribution is 2.38. The normalized spacial score (nSPS) is 16.2. The lowest BCUT2D eigenvalue weighted by molar-refractivity contribution is -0.136. The number of rotatable bonds is 23. The molecule has 5 aromatic carbocycles. The number of urea groups is 1. The number of ether oxygens (including phenoxy) is 5. The Bertz CT molecular complexity index is 3370. The van der Waals surface area contributed by atoms with Crippen LogP contribution in [0.2, 0.25) is 0 Å². The van der Waals surface area contributed by atoms with E-state index in [2.05, 4.69) is 36.1 Å². The summed E-state index contributed by atoms with van der Waals surface area (Å²) in [6.45, 7) is 7.02. The molecule has 0 bridgehead atoms. The molecular formula is C59H63N11O12. The van der Waals surface area contributed by atoms with Crippen molar-refractivity contribution in [1.29, 1.82) is 0 Å². The van der Waals surface area contributed by atoms with Gasteiger partial charge in [-0.3, -0.25) is 53.7 Å². The second kappa shape index (κ2) is 25.5. The van der Waals surface area contributed by atoms with Crippen LogP contribution < -0.4 is 50.2 Å². The van der Waals surface area contributed by atoms with E-state index in [1.807, 2.05) is 48.5 Å². The van der Waals surface area contributed by atoms with Crippen molar-refractivity contribution in [2.75, 3.05) is 112 Å². The fraction of sp³-hybridized carbons (Fsp3) is 0.339. The van der Waals surface area contributed by atoms with Gasteiger partial charge < -0.3 is 44.5 Å². The molecule has 82 heavy (non-hydrogen) atoms. The molecule has 2 saturated heterocycles. The van der Waals surface area contributed by atoms with E-state index in [-0.39, 0.29) is 69.1 Å². The number of carbonyl (C=O) groups excluding carboxylic acids is 7. The van der Waals surface area contributed by atoms with E-state index in [9.17, 15) is 33.6 Å². The minimum absolute atomic E-state index is 0.0240. The molecule has 4 aliphatic rings. The van der Waals surface area contributed by atoms with Crippen molar-refractivity contribution >= 4 is 86.8 Å². The Morgan fingerprint density at radius 1 is 0.732 bits per heavy atom. The molecule has 0 aliphatic carbocycles. The zero-order valence-electron chi connectivity index (χ0n) is 45.7. The maximum Gasteiger partial charge on any atom is 0.330 e. The van der Waals surface area contributed by atoms with Crippen LogP contribution in [0.25, 0.3) is 10.8 Å². The summed E-state index contributed by atoms with van der Waals surface area (Å²) in [7, 11) is 3.11. The Hall–Kier alpha value is -9.19. The number of piperazine rings is 1. The number of amides is 8. The smallest absolute Gasteiger partial charge is 0.330 e. The molecule has 4 N–H and O–H groups in total. The van der Waals surface area contributed by atoms with Crippen LogP contribution in [0.4, 0.5) is 39.3 Å². The highest BCUT2D eigenvalue weighted by molar-refractivity contribution is 6.27. The topological polar surface area (TPSA) is 256 Å². The molecule has 23 heteroatoms. The summed E-state index contributed by atoms with van der Waals surface area (Å²) in [5, 5.41) is 12.5. The highest BCUT2D eigenvalue weighted by atomic mass is 16.5. The zero-order chi connectivity index (χ0) is 57.3. The Balaban J connectivity index is 0.643. The Labute approximate surface area is 472 Å². The third kappa shape index (κ3) is 12.9. The van der Waals surface area contributed by atoms with Gasteiger partial charge in [-0.15, -0.1) is 0 Å². The van der Waals surface area contributed by atoms with Gasteiger partial charge in [0.2, 0.25) is 29.6 Å². The number of carbonyl (C=O) groups is 7. The fourth-order valence-electron chi connectivity index (χ4n) is 10.2. The van der Waals surface area contributed by atoms with Gasteiger partial charge in [0.05, 0.1) is 71.5 Å². The van der Waals surface area contributed by atoms with Gasteiger partial charge in [0.1, 0.15) is 35.7 Å². The molecule has 6 aromatic rings. The number of anilines is 6. The largest absolute Gasteiger partial charge is 0.497 e. The monoisotopic (exact) mass is 1120 g/mol. The van der Waals surface area contributed by atoms with Crippen molar-refractivity contribution in [3.8, 4) is 17.2 Å². The summed E-state index contributed by atoms with van der Waals surface area (Å²) in [5.41, 5.74) is 5.14. The molecule has 426 valence electrons. The number of piperidine rings is 1. The number of methoxy groups -OCH3 is 2. The summed E-state index contributed by atoms with van der Waals surface area (Å²) >= 11 is 0. The molecule has 10 rings (SSSR count). The molecule has 8 amide bonds. The number of benzene rings is 5. The standard InChI is InChI=1S/C59H63N11O12/c1-4-50(71)62-40-10-8-37(9-11-40)34-69-54-39(35-68(59(69)77)43-29-44(78-2)31-45(30-43)79-3)33-61-58(65-54)63-41-12-14-42(15-13-41)67-21-19-66(20-22-67)36-52(73)60-18-23-80-24-25-81-26-27-82-46-28-38-6-5-7-47-53(38)48(32-46)57(76)70(56(47)75)49-16-17-51(72)64-55(49)74/h5-15,28-33,49H,4,16-27,34-36H2,1-3H3,(H,60,73)(H,62,71)(H,61,63,65)(H,64,72,74). The molecule has 1 aromatic heterocycles. The third-order valence-corrected chi connectivity index (χ3v) is 14.5. The first kappa shape index (κ1) is 56.1. The van der Waals surface area contributed by atoms with Crippen molar-refractivity contribution in [2.24, 2.45) is 0 Å². The van der Waals surface area contributed by atoms with Gasteiger partial charge in [-0.05, 0) is 72.0 Å². The molecule has 2 fully saturated rings. The van der Waals surface area contributed by atoms with E-state index in [1.54, 1.807) is 85.7 Å². The van der Waals surface area contributed by atoms with Crippen LogP contribution in [-0.2, 0) is 41.7 Å². The number of hydrogen-bond acceptors (Lipinski definition) is 17. The molecule has 0 spiro atoms. The molecule has 5 heterocycles.